The van der Waals surface area contributed by atoms with E-state index in [9.17, 15) is 4.79 Å². The van der Waals surface area contributed by atoms with Crippen LogP contribution in [0.2, 0.25) is 5.02 Å². The van der Waals surface area contributed by atoms with Gasteiger partial charge in [-0.15, -0.1) is 11.8 Å². The van der Waals surface area contributed by atoms with Crippen LogP contribution in [0, 0.1) is 0 Å². The maximum atomic E-state index is 13.0. The summed E-state index contributed by atoms with van der Waals surface area (Å²) < 4.78 is 0. The van der Waals surface area contributed by atoms with Crippen molar-refractivity contribution in [1.82, 2.24) is 4.90 Å². The van der Waals surface area contributed by atoms with Crippen LogP contribution >= 0.6 is 23.4 Å². The van der Waals surface area contributed by atoms with Crippen LogP contribution in [0.25, 0.3) is 10.8 Å². The lowest BCUT2D eigenvalue weighted by Gasteiger charge is -2.24. The monoisotopic (exact) mass is 353 g/mol. The molecule has 0 spiro atoms. The Bertz CT molecular complexity index is 911. The summed E-state index contributed by atoms with van der Waals surface area (Å²) in [7, 11) is 0. The van der Waals surface area contributed by atoms with Crippen LogP contribution in [0.4, 0.5) is 0 Å². The third-order valence-corrected chi connectivity index (χ3v) is 5.78. The van der Waals surface area contributed by atoms with Gasteiger partial charge in [0.25, 0.3) is 5.91 Å². The van der Waals surface area contributed by atoms with Crippen molar-refractivity contribution < 1.29 is 4.79 Å². The van der Waals surface area contributed by atoms with Crippen LogP contribution in [0.1, 0.15) is 21.3 Å². The Labute approximate surface area is 150 Å². The summed E-state index contributed by atoms with van der Waals surface area (Å²) in [6, 6.07) is 21.8. The molecule has 1 atom stereocenters. The minimum absolute atomic E-state index is 0.0303. The molecule has 0 N–H and O–H groups in total. The van der Waals surface area contributed by atoms with Crippen molar-refractivity contribution in [3.05, 3.63) is 82.9 Å². The fourth-order valence-electron chi connectivity index (χ4n) is 3.10. The summed E-state index contributed by atoms with van der Waals surface area (Å²) in [5.74, 6) is 1.02. The molecule has 0 saturated carbocycles. The Kier molecular flexibility index (Phi) is 4.21. The van der Waals surface area contributed by atoms with E-state index in [1.165, 1.54) is 0 Å². The second kappa shape index (κ2) is 6.50. The predicted octanol–water partition coefficient (Wildman–Crippen LogP) is 5.38. The predicted molar refractivity (Wildman–Crippen MR) is 102 cm³/mol. The van der Waals surface area contributed by atoms with Crippen LogP contribution in [0.5, 0.6) is 0 Å². The van der Waals surface area contributed by atoms with Crippen molar-refractivity contribution >= 4 is 40.0 Å². The molecule has 4 rings (SSSR count). The number of fused-ring (bicyclic) bond motifs is 1. The number of hydrogen-bond donors (Lipinski definition) is 0. The van der Waals surface area contributed by atoms with E-state index < -0.39 is 0 Å². The Morgan fingerprint density at radius 1 is 1.00 bits per heavy atom. The number of carbonyl (C=O) groups excluding carboxylic acids is 1. The molecule has 3 aromatic carbocycles. The molecule has 4 heteroatoms. The molecule has 0 radical (unpaired) electrons. The number of benzene rings is 3. The number of amides is 1. The maximum Gasteiger partial charge on any atom is 0.255 e. The summed E-state index contributed by atoms with van der Waals surface area (Å²) in [5, 5.41) is 2.98. The average Bonchev–Trinajstić information content (AvgIpc) is 3.10. The van der Waals surface area contributed by atoms with Crippen LogP contribution in [-0.4, -0.2) is 23.1 Å². The zero-order valence-corrected chi connectivity index (χ0v) is 14.6. The second-order valence-corrected chi connectivity index (χ2v) is 7.46. The molecule has 0 unspecified atom stereocenters. The van der Waals surface area contributed by atoms with E-state index in [-0.39, 0.29) is 11.3 Å². The van der Waals surface area contributed by atoms with E-state index in [1.54, 1.807) is 11.8 Å². The number of carbonyl (C=O) groups is 1. The topological polar surface area (TPSA) is 20.3 Å². The zero-order chi connectivity index (χ0) is 16.5. The Balaban J connectivity index is 1.66. The highest BCUT2D eigenvalue weighted by atomic mass is 35.5. The van der Waals surface area contributed by atoms with Crippen molar-refractivity contribution in [2.45, 2.75) is 5.37 Å². The van der Waals surface area contributed by atoms with Gasteiger partial charge in [0, 0.05) is 22.9 Å². The van der Waals surface area contributed by atoms with Crippen LogP contribution in [0.15, 0.2) is 66.7 Å². The highest BCUT2D eigenvalue weighted by molar-refractivity contribution is 7.99. The highest BCUT2D eigenvalue weighted by Crippen LogP contribution is 2.39. The summed E-state index contributed by atoms with van der Waals surface area (Å²) in [6.07, 6.45) is 0. The van der Waals surface area contributed by atoms with Gasteiger partial charge < -0.3 is 4.90 Å². The molecule has 1 saturated heterocycles. The number of hydrogen-bond acceptors (Lipinski definition) is 2. The van der Waals surface area contributed by atoms with Crippen molar-refractivity contribution in [1.29, 1.82) is 0 Å². The first-order valence-corrected chi connectivity index (χ1v) is 9.32. The summed E-state index contributed by atoms with van der Waals surface area (Å²) in [5.41, 5.74) is 1.82. The van der Waals surface area contributed by atoms with Gasteiger partial charge in [-0.1, -0.05) is 54.1 Å². The molecule has 2 nitrogen and oxygen atoms in total. The highest BCUT2D eigenvalue weighted by Gasteiger charge is 2.31. The normalized spacial score (nSPS) is 17.4. The van der Waals surface area contributed by atoms with Gasteiger partial charge >= 0.3 is 0 Å². The summed E-state index contributed by atoms with van der Waals surface area (Å²) in [6.45, 7) is 0.757. The first kappa shape index (κ1) is 15.6. The molecule has 1 aliphatic rings. The lowest BCUT2D eigenvalue weighted by atomic mass is 10.1. The van der Waals surface area contributed by atoms with Crippen LogP contribution in [0.3, 0.4) is 0 Å². The molecule has 1 fully saturated rings. The van der Waals surface area contributed by atoms with E-state index in [0.29, 0.717) is 5.02 Å². The molecular formula is C20H16ClNOS. The smallest absolute Gasteiger partial charge is 0.255 e. The van der Waals surface area contributed by atoms with E-state index >= 15 is 0 Å². The number of nitrogens with zero attached hydrogens (tertiary/aromatic N) is 1. The van der Waals surface area contributed by atoms with Crippen LogP contribution < -0.4 is 0 Å². The van der Waals surface area contributed by atoms with Crippen molar-refractivity contribution in [2.24, 2.45) is 0 Å². The van der Waals surface area contributed by atoms with Gasteiger partial charge in [0.05, 0.1) is 0 Å². The molecule has 0 aromatic heterocycles. The lowest BCUT2D eigenvalue weighted by Crippen LogP contribution is -2.30. The summed E-state index contributed by atoms with van der Waals surface area (Å²) in [4.78, 5) is 15.0. The van der Waals surface area contributed by atoms with Gasteiger partial charge in [0.1, 0.15) is 5.37 Å². The average molecular weight is 354 g/mol. The van der Waals surface area contributed by atoms with Crippen molar-refractivity contribution in [3.8, 4) is 0 Å². The number of rotatable bonds is 2. The Morgan fingerprint density at radius 3 is 2.67 bits per heavy atom. The standard InChI is InChI=1S/C20H16ClNOS/c21-18-7-3-6-17(13-18)20-22(10-11-24-20)19(23)16-9-8-14-4-1-2-5-15(14)12-16/h1-9,12-13,20H,10-11H2/t20-/m0/s1. The maximum absolute atomic E-state index is 13.0. The van der Waals surface area contributed by atoms with E-state index in [4.69, 9.17) is 11.6 Å². The minimum atomic E-state index is 0.0303. The fourth-order valence-corrected chi connectivity index (χ4v) is 4.55. The molecule has 0 aliphatic carbocycles. The third-order valence-electron chi connectivity index (χ3n) is 4.28. The number of thioether (sulfide) groups is 1. The Morgan fingerprint density at radius 2 is 1.83 bits per heavy atom. The van der Waals surface area contributed by atoms with Crippen molar-refractivity contribution in [3.63, 3.8) is 0 Å². The molecule has 1 aliphatic heterocycles. The molecular weight excluding hydrogens is 338 g/mol. The zero-order valence-electron chi connectivity index (χ0n) is 13.0. The number of halogens is 1. The third kappa shape index (κ3) is 2.90. The van der Waals surface area contributed by atoms with Crippen molar-refractivity contribution in [2.75, 3.05) is 12.3 Å². The molecule has 1 amide bonds. The van der Waals surface area contributed by atoms with Gasteiger partial charge in [-0.05, 0) is 40.6 Å². The van der Waals surface area contributed by atoms with E-state index in [0.717, 1.165) is 34.2 Å². The van der Waals surface area contributed by atoms with Gasteiger partial charge in [0.2, 0.25) is 0 Å². The largest absolute Gasteiger partial charge is 0.322 e. The Hall–Kier alpha value is -1.97. The van der Waals surface area contributed by atoms with Crippen LogP contribution in [-0.2, 0) is 0 Å². The first-order valence-electron chi connectivity index (χ1n) is 7.89. The first-order chi connectivity index (χ1) is 11.7. The van der Waals surface area contributed by atoms with Gasteiger partial charge in [-0.25, -0.2) is 0 Å². The second-order valence-electron chi connectivity index (χ2n) is 5.84. The molecule has 120 valence electrons. The summed E-state index contributed by atoms with van der Waals surface area (Å²) >= 11 is 7.91. The molecule has 1 heterocycles. The van der Waals surface area contributed by atoms with Gasteiger partial charge in [0.15, 0.2) is 0 Å². The van der Waals surface area contributed by atoms with Gasteiger partial charge in [-0.2, -0.15) is 0 Å². The lowest BCUT2D eigenvalue weighted by molar-refractivity contribution is 0.0760. The quantitative estimate of drug-likeness (QED) is 0.616. The minimum Gasteiger partial charge on any atom is -0.322 e. The SMILES string of the molecule is O=C(c1ccc2ccccc2c1)N1CCS[C@H]1c1cccc(Cl)c1. The molecule has 3 aromatic rings. The van der Waals surface area contributed by atoms with Gasteiger partial charge in [-0.3, -0.25) is 4.79 Å². The molecule has 24 heavy (non-hydrogen) atoms. The molecule has 0 bridgehead atoms. The fraction of sp³-hybridized carbons (Fsp3) is 0.150. The van der Waals surface area contributed by atoms with E-state index in [1.807, 2.05) is 65.6 Å². The van der Waals surface area contributed by atoms with E-state index in [2.05, 4.69) is 6.07 Å².